The summed E-state index contributed by atoms with van der Waals surface area (Å²) in [5, 5.41) is 33.4. The lowest BCUT2D eigenvalue weighted by molar-refractivity contribution is -0.142. The summed E-state index contributed by atoms with van der Waals surface area (Å²) in [5.41, 5.74) is -2.50. The lowest BCUT2D eigenvalue weighted by atomic mass is 9.70. The summed E-state index contributed by atoms with van der Waals surface area (Å²) < 4.78 is 10.2. The van der Waals surface area contributed by atoms with Crippen LogP contribution in [0.1, 0.15) is 55.1 Å². The van der Waals surface area contributed by atoms with Gasteiger partial charge in [0.05, 0.1) is 18.2 Å². The standard InChI is InChI=1S/C24H25NO10/c1-9-19(29)17(11(3)26)21-18(20(9)30)24(4)14(35-21)8-13(27)16(22(24)31)10(2)25-12(23(32)33)6-7-15(28)34-5/h8,12,25,29-30H,6-7H2,1-5H3,(H,32,33)/t12-,24-/m0/s1. The van der Waals surface area contributed by atoms with Crippen LogP contribution in [0.4, 0.5) is 0 Å². The highest BCUT2D eigenvalue weighted by molar-refractivity contribution is 6.31. The minimum absolute atomic E-state index is 0.0427. The number of hydrogen-bond donors (Lipinski definition) is 4. The minimum Gasteiger partial charge on any atom is -0.507 e. The van der Waals surface area contributed by atoms with E-state index in [9.17, 15) is 39.3 Å². The maximum absolute atomic E-state index is 13.7. The van der Waals surface area contributed by atoms with E-state index in [0.29, 0.717) is 0 Å². The minimum atomic E-state index is -1.72. The Morgan fingerprint density at radius 1 is 1.17 bits per heavy atom. The van der Waals surface area contributed by atoms with E-state index >= 15 is 0 Å². The molecule has 11 nitrogen and oxygen atoms in total. The zero-order valence-electron chi connectivity index (χ0n) is 19.8. The van der Waals surface area contributed by atoms with Crippen molar-refractivity contribution in [3.63, 3.8) is 0 Å². The number of rotatable bonds is 7. The molecule has 1 aromatic rings. The van der Waals surface area contributed by atoms with Crippen molar-refractivity contribution in [2.75, 3.05) is 7.11 Å². The summed E-state index contributed by atoms with van der Waals surface area (Å²) in [5.74, 6) is -5.41. The number of allylic oxidation sites excluding steroid dienone is 4. The SMILES string of the molecule is COC(=O)CC[C@H](NC(C)=C1C(=O)C=C2Oc3c(C(C)=O)c(O)c(C)c(O)c3[C@@]2(C)C1=O)C(=O)O. The fourth-order valence-corrected chi connectivity index (χ4v) is 4.32. The van der Waals surface area contributed by atoms with Gasteiger partial charge in [-0.2, -0.15) is 0 Å². The molecule has 186 valence electrons. The van der Waals surface area contributed by atoms with Gasteiger partial charge in [-0.1, -0.05) is 0 Å². The molecule has 1 aliphatic carbocycles. The van der Waals surface area contributed by atoms with Crippen molar-refractivity contribution in [2.45, 2.75) is 52.0 Å². The Morgan fingerprint density at radius 2 is 1.80 bits per heavy atom. The predicted molar refractivity (Wildman–Crippen MR) is 119 cm³/mol. The van der Waals surface area contributed by atoms with Crippen LogP contribution in [0, 0.1) is 6.92 Å². The van der Waals surface area contributed by atoms with Gasteiger partial charge in [-0.15, -0.1) is 0 Å². The van der Waals surface area contributed by atoms with Crippen LogP contribution in [0.2, 0.25) is 0 Å². The smallest absolute Gasteiger partial charge is 0.326 e. The largest absolute Gasteiger partial charge is 0.507 e. The van der Waals surface area contributed by atoms with Crippen LogP contribution in [-0.4, -0.2) is 57.8 Å². The Bertz CT molecular complexity index is 1260. The van der Waals surface area contributed by atoms with Crippen molar-refractivity contribution in [1.29, 1.82) is 0 Å². The van der Waals surface area contributed by atoms with E-state index < -0.39 is 52.2 Å². The van der Waals surface area contributed by atoms with E-state index in [1.165, 1.54) is 34.8 Å². The summed E-state index contributed by atoms with van der Waals surface area (Å²) in [7, 11) is 1.17. The molecular weight excluding hydrogens is 462 g/mol. The number of fused-ring (bicyclic) bond motifs is 3. The zero-order chi connectivity index (χ0) is 26.4. The molecule has 11 heteroatoms. The molecular formula is C24H25NO10. The molecule has 1 heterocycles. The van der Waals surface area contributed by atoms with Gasteiger partial charge < -0.3 is 30.1 Å². The quantitative estimate of drug-likeness (QED) is 0.190. The first-order valence-electron chi connectivity index (χ1n) is 10.6. The molecule has 0 spiro atoms. The molecule has 0 aromatic heterocycles. The normalized spacial score (nSPS) is 20.8. The molecule has 1 aliphatic heterocycles. The summed E-state index contributed by atoms with van der Waals surface area (Å²) >= 11 is 0. The van der Waals surface area contributed by atoms with E-state index in [-0.39, 0.29) is 52.3 Å². The average Bonchev–Trinajstić information content (AvgIpc) is 3.07. The monoisotopic (exact) mass is 487 g/mol. The second-order valence-corrected chi connectivity index (χ2v) is 8.54. The van der Waals surface area contributed by atoms with Gasteiger partial charge in [-0.05, 0) is 34.1 Å². The van der Waals surface area contributed by atoms with Crippen molar-refractivity contribution < 1.29 is 48.8 Å². The molecule has 35 heavy (non-hydrogen) atoms. The number of Topliss-reactive ketones (excluding diaryl/α,β-unsaturated/α-hetero) is 2. The molecule has 1 aromatic carbocycles. The maximum Gasteiger partial charge on any atom is 0.326 e. The second-order valence-electron chi connectivity index (χ2n) is 8.54. The highest BCUT2D eigenvalue weighted by Crippen LogP contribution is 2.57. The lowest BCUT2D eigenvalue weighted by Gasteiger charge is -2.29. The van der Waals surface area contributed by atoms with Crippen LogP contribution in [0.15, 0.2) is 23.1 Å². The van der Waals surface area contributed by atoms with E-state index in [2.05, 4.69) is 10.1 Å². The Balaban J connectivity index is 2.13. The Kier molecular flexibility index (Phi) is 6.47. The van der Waals surface area contributed by atoms with Crippen LogP contribution in [0.5, 0.6) is 17.2 Å². The molecule has 0 saturated heterocycles. The number of aliphatic carboxylic acids is 1. The number of aromatic hydroxyl groups is 2. The van der Waals surface area contributed by atoms with Crippen LogP contribution >= 0.6 is 0 Å². The van der Waals surface area contributed by atoms with Crippen LogP contribution < -0.4 is 10.1 Å². The van der Waals surface area contributed by atoms with Gasteiger partial charge in [-0.25, -0.2) is 4.79 Å². The number of nitrogens with one attached hydrogen (secondary N) is 1. The van der Waals surface area contributed by atoms with Gasteiger partial charge in [0.25, 0.3) is 0 Å². The number of carboxylic acid groups (broad SMARTS) is 1. The summed E-state index contributed by atoms with van der Waals surface area (Å²) in [6.07, 6.45) is 0.654. The third-order valence-electron chi connectivity index (χ3n) is 6.31. The van der Waals surface area contributed by atoms with Gasteiger partial charge in [-0.3, -0.25) is 19.2 Å². The topological polar surface area (TPSA) is 177 Å². The van der Waals surface area contributed by atoms with Crippen LogP contribution in [-0.2, 0) is 29.3 Å². The van der Waals surface area contributed by atoms with Crippen molar-refractivity contribution in [3.05, 3.63) is 39.8 Å². The number of esters is 1. The van der Waals surface area contributed by atoms with Crippen molar-refractivity contribution in [2.24, 2.45) is 0 Å². The number of benzene rings is 1. The van der Waals surface area contributed by atoms with E-state index in [1.807, 2.05) is 0 Å². The number of carbonyl (C=O) groups is 5. The maximum atomic E-state index is 13.7. The number of phenols is 2. The zero-order valence-corrected chi connectivity index (χ0v) is 19.8. The number of phenolic OH excluding ortho intramolecular Hbond substituents is 2. The number of carbonyl (C=O) groups excluding carboxylic acids is 4. The Morgan fingerprint density at radius 3 is 2.34 bits per heavy atom. The van der Waals surface area contributed by atoms with E-state index in [0.717, 1.165) is 6.08 Å². The van der Waals surface area contributed by atoms with Crippen LogP contribution in [0.3, 0.4) is 0 Å². The fraction of sp³-hybridized carbons (Fsp3) is 0.375. The number of ketones is 3. The molecule has 2 aliphatic rings. The molecule has 0 unspecified atom stereocenters. The van der Waals surface area contributed by atoms with Crippen molar-refractivity contribution in [1.82, 2.24) is 5.32 Å². The summed E-state index contributed by atoms with van der Waals surface area (Å²) in [6.45, 7) is 5.30. The molecule has 0 amide bonds. The lowest BCUT2D eigenvalue weighted by Crippen LogP contribution is -2.43. The fourth-order valence-electron chi connectivity index (χ4n) is 4.32. The first kappa shape index (κ1) is 25.5. The van der Waals surface area contributed by atoms with Gasteiger partial charge in [0.1, 0.15) is 40.0 Å². The number of carboxylic acids is 1. The first-order chi connectivity index (χ1) is 16.3. The number of methoxy groups -OCH3 is 1. The van der Waals surface area contributed by atoms with Crippen molar-refractivity contribution >= 4 is 29.3 Å². The number of ether oxygens (including phenoxy) is 2. The van der Waals surface area contributed by atoms with Crippen LogP contribution in [0.25, 0.3) is 0 Å². The van der Waals surface area contributed by atoms with Gasteiger partial charge in [0.15, 0.2) is 17.3 Å². The highest BCUT2D eigenvalue weighted by Gasteiger charge is 2.56. The highest BCUT2D eigenvalue weighted by atomic mass is 16.5. The molecule has 0 bridgehead atoms. The Labute approximate surface area is 200 Å². The van der Waals surface area contributed by atoms with Crippen molar-refractivity contribution in [3.8, 4) is 17.2 Å². The average molecular weight is 487 g/mol. The summed E-state index contributed by atoms with van der Waals surface area (Å²) in [4.78, 5) is 62.0. The molecule has 0 fully saturated rings. The third-order valence-corrected chi connectivity index (χ3v) is 6.31. The van der Waals surface area contributed by atoms with Gasteiger partial charge in [0.2, 0.25) is 0 Å². The van der Waals surface area contributed by atoms with Gasteiger partial charge in [0, 0.05) is 23.8 Å². The molecule has 0 radical (unpaired) electrons. The number of hydrogen-bond acceptors (Lipinski definition) is 10. The Hall–Kier alpha value is -4.15. The predicted octanol–water partition coefficient (Wildman–Crippen LogP) is 1.56. The van der Waals surface area contributed by atoms with E-state index in [4.69, 9.17) is 4.74 Å². The first-order valence-corrected chi connectivity index (χ1v) is 10.6. The molecule has 3 rings (SSSR count). The molecule has 0 saturated carbocycles. The summed E-state index contributed by atoms with van der Waals surface area (Å²) in [6, 6.07) is -1.30. The third kappa shape index (κ3) is 3.92. The molecule has 4 N–H and O–H groups in total. The van der Waals surface area contributed by atoms with Gasteiger partial charge >= 0.3 is 11.9 Å². The molecule has 2 atom stereocenters. The second kappa shape index (κ2) is 8.90. The van der Waals surface area contributed by atoms with E-state index in [1.54, 1.807) is 0 Å².